The first-order valence-corrected chi connectivity index (χ1v) is 9.63. The Morgan fingerprint density at radius 3 is 2.45 bits per heavy atom. The van der Waals surface area contributed by atoms with E-state index >= 15 is 0 Å². The molecular formula is C22H19N3O3S. The van der Waals surface area contributed by atoms with Crippen molar-refractivity contribution < 1.29 is 14.3 Å². The van der Waals surface area contributed by atoms with Crippen molar-refractivity contribution in [2.24, 2.45) is 0 Å². The van der Waals surface area contributed by atoms with Gasteiger partial charge < -0.3 is 10.1 Å². The van der Waals surface area contributed by atoms with E-state index in [2.05, 4.69) is 15.6 Å². The first-order chi connectivity index (χ1) is 14.1. The fourth-order valence-electron chi connectivity index (χ4n) is 2.39. The predicted octanol–water partition coefficient (Wildman–Crippen LogP) is 3.96. The zero-order valence-corrected chi connectivity index (χ0v) is 16.5. The number of thiazole rings is 1. The van der Waals surface area contributed by atoms with Crippen LogP contribution in [0.5, 0.6) is 5.75 Å². The Balaban J connectivity index is 1.74. The average Bonchev–Trinajstić information content (AvgIpc) is 3.26. The van der Waals surface area contributed by atoms with Crippen molar-refractivity contribution in [3.05, 3.63) is 89.1 Å². The molecule has 0 aliphatic heterocycles. The number of amides is 2. The molecule has 0 saturated heterocycles. The monoisotopic (exact) mass is 405 g/mol. The quantitative estimate of drug-likeness (QED) is 0.583. The van der Waals surface area contributed by atoms with Crippen LogP contribution in [0.4, 0.5) is 5.13 Å². The summed E-state index contributed by atoms with van der Waals surface area (Å²) in [4.78, 5) is 29.1. The van der Waals surface area contributed by atoms with E-state index in [4.69, 9.17) is 4.74 Å². The van der Waals surface area contributed by atoms with Crippen molar-refractivity contribution >= 4 is 40.4 Å². The van der Waals surface area contributed by atoms with Crippen molar-refractivity contribution in [3.8, 4) is 5.75 Å². The van der Waals surface area contributed by atoms with Crippen molar-refractivity contribution in [1.82, 2.24) is 10.3 Å². The van der Waals surface area contributed by atoms with Gasteiger partial charge >= 0.3 is 0 Å². The molecule has 0 aliphatic rings. The minimum atomic E-state index is -0.449. The van der Waals surface area contributed by atoms with Gasteiger partial charge in [-0.1, -0.05) is 42.5 Å². The number of benzene rings is 2. The van der Waals surface area contributed by atoms with E-state index in [0.717, 1.165) is 16.9 Å². The van der Waals surface area contributed by atoms with Crippen LogP contribution < -0.4 is 15.4 Å². The van der Waals surface area contributed by atoms with Crippen LogP contribution in [0.3, 0.4) is 0 Å². The van der Waals surface area contributed by atoms with Crippen LogP contribution in [0.15, 0.2) is 77.9 Å². The second kappa shape index (κ2) is 10.0. The average molecular weight is 405 g/mol. The largest absolute Gasteiger partial charge is 0.497 e. The Morgan fingerprint density at radius 1 is 1.03 bits per heavy atom. The van der Waals surface area contributed by atoms with Crippen LogP contribution in [-0.4, -0.2) is 23.9 Å². The molecule has 146 valence electrons. The highest BCUT2D eigenvalue weighted by molar-refractivity contribution is 7.13. The maximum atomic E-state index is 12.6. The summed E-state index contributed by atoms with van der Waals surface area (Å²) in [6, 6.07) is 16.5. The van der Waals surface area contributed by atoms with Crippen molar-refractivity contribution in [1.29, 1.82) is 0 Å². The first kappa shape index (κ1) is 20.0. The van der Waals surface area contributed by atoms with Crippen LogP contribution in [0.2, 0.25) is 0 Å². The zero-order valence-electron chi connectivity index (χ0n) is 15.7. The molecule has 2 aromatic carbocycles. The lowest BCUT2D eigenvalue weighted by atomic mass is 10.2. The summed E-state index contributed by atoms with van der Waals surface area (Å²) in [7, 11) is 1.59. The summed E-state index contributed by atoms with van der Waals surface area (Å²) in [6.45, 7) is 0. The minimum absolute atomic E-state index is 0.121. The molecule has 0 atom stereocenters. The lowest BCUT2D eigenvalue weighted by Crippen LogP contribution is -2.29. The molecule has 3 rings (SSSR count). The number of nitrogens with one attached hydrogen (secondary N) is 2. The molecule has 0 aliphatic carbocycles. The number of rotatable bonds is 7. The summed E-state index contributed by atoms with van der Waals surface area (Å²) in [5.41, 5.74) is 1.74. The molecule has 0 fully saturated rings. The molecule has 7 heteroatoms. The number of carbonyl (C=O) groups excluding carboxylic acids is 2. The fourth-order valence-corrected chi connectivity index (χ4v) is 2.91. The number of aromatic nitrogens is 1. The lowest BCUT2D eigenvalue weighted by Gasteiger charge is -2.08. The molecule has 0 saturated carbocycles. The Hall–Kier alpha value is -3.71. The highest BCUT2D eigenvalue weighted by atomic mass is 32.1. The third-order valence-corrected chi connectivity index (χ3v) is 4.50. The van der Waals surface area contributed by atoms with Gasteiger partial charge in [-0.3, -0.25) is 14.9 Å². The molecular weight excluding hydrogens is 386 g/mol. The van der Waals surface area contributed by atoms with E-state index in [1.807, 2.05) is 42.5 Å². The molecule has 0 bridgehead atoms. The second-order valence-corrected chi connectivity index (χ2v) is 6.75. The van der Waals surface area contributed by atoms with Gasteiger partial charge in [-0.05, 0) is 35.4 Å². The summed E-state index contributed by atoms with van der Waals surface area (Å²) in [5, 5.41) is 7.54. The van der Waals surface area contributed by atoms with E-state index < -0.39 is 11.8 Å². The van der Waals surface area contributed by atoms with E-state index in [0.29, 0.717) is 5.13 Å². The molecule has 1 aromatic heterocycles. The van der Waals surface area contributed by atoms with Gasteiger partial charge in [0.15, 0.2) is 5.13 Å². The van der Waals surface area contributed by atoms with Crippen LogP contribution in [0, 0.1) is 0 Å². The molecule has 29 heavy (non-hydrogen) atoms. The maximum absolute atomic E-state index is 12.6. The first-order valence-electron chi connectivity index (χ1n) is 8.75. The topological polar surface area (TPSA) is 80.3 Å². The Bertz CT molecular complexity index is 1010. The van der Waals surface area contributed by atoms with Gasteiger partial charge in [0.05, 0.1) is 7.11 Å². The number of ether oxygens (including phenoxy) is 1. The Morgan fingerprint density at radius 2 is 1.79 bits per heavy atom. The summed E-state index contributed by atoms with van der Waals surface area (Å²) in [5.74, 6) is -0.133. The molecule has 2 N–H and O–H groups in total. The number of nitrogens with zero attached hydrogens (tertiary/aromatic N) is 1. The summed E-state index contributed by atoms with van der Waals surface area (Å²) in [6.07, 6.45) is 6.24. The van der Waals surface area contributed by atoms with Gasteiger partial charge in [0, 0.05) is 17.7 Å². The van der Waals surface area contributed by atoms with Gasteiger partial charge in [0.2, 0.25) is 5.91 Å². The van der Waals surface area contributed by atoms with Crippen molar-refractivity contribution in [2.45, 2.75) is 0 Å². The second-order valence-electron chi connectivity index (χ2n) is 5.86. The molecule has 1 heterocycles. The lowest BCUT2D eigenvalue weighted by molar-refractivity contribution is -0.118. The van der Waals surface area contributed by atoms with Gasteiger partial charge in [-0.15, -0.1) is 11.3 Å². The summed E-state index contributed by atoms with van der Waals surface area (Å²) >= 11 is 1.30. The predicted molar refractivity (Wildman–Crippen MR) is 115 cm³/mol. The molecule has 2 amide bonds. The minimum Gasteiger partial charge on any atom is -0.497 e. The smallest absolute Gasteiger partial charge is 0.273 e. The normalized spacial score (nSPS) is 11.3. The summed E-state index contributed by atoms with van der Waals surface area (Å²) < 4.78 is 5.11. The van der Waals surface area contributed by atoms with Gasteiger partial charge in [0.1, 0.15) is 11.4 Å². The number of methoxy groups -OCH3 is 1. The maximum Gasteiger partial charge on any atom is 0.273 e. The van der Waals surface area contributed by atoms with Crippen molar-refractivity contribution in [3.63, 3.8) is 0 Å². The van der Waals surface area contributed by atoms with Gasteiger partial charge in [-0.2, -0.15) is 0 Å². The highest BCUT2D eigenvalue weighted by Gasteiger charge is 2.13. The van der Waals surface area contributed by atoms with Gasteiger partial charge in [0.25, 0.3) is 5.91 Å². The Kier molecular flexibility index (Phi) is 6.91. The number of hydrogen-bond acceptors (Lipinski definition) is 5. The number of carbonyl (C=O) groups is 2. The molecule has 6 nitrogen and oxygen atoms in total. The number of anilines is 1. The van der Waals surface area contributed by atoms with E-state index in [-0.39, 0.29) is 5.70 Å². The van der Waals surface area contributed by atoms with Crippen LogP contribution in [0.25, 0.3) is 12.2 Å². The number of hydrogen-bond donors (Lipinski definition) is 2. The van der Waals surface area contributed by atoms with E-state index in [9.17, 15) is 9.59 Å². The van der Waals surface area contributed by atoms with Crippen LogP contribution >= 0.6 is 11.3 Å². The molecule has 0 spiro atoms. The zero-order chi connectivity index (χ0) is 20.5. The van der Waals surface area contributed by atoms with E-state index in [1.54, 1.807) is 43.0 Å². The molecule has 0 unspecified atom stereocenters. The van der Waals surface area contributed by atoms with E-state index in [1.165, 1.54) is 17.4 Å². The Labute approximate surface area is 172 Å². The fraction of sp³-hybridized carbons (Fsp3) is 0.0455. The molecule has 0 radical (unpaired) electrons. The van der Waals surface area contributed by atoms with Gasteiger partial charge in [-0.25, -0.2) is 4.98 Å². The standard InChI is InChI=1S/C22H19N3O3S/c1-28-18-10-7-16(8-11-18)9-12-20(26)24-19(15-17-5-3-2-4-6-17)21(27)25-22-23-13-14-29-22/h2-15H,1H3,(H,24,26)(H,23,25,27)/b12-9+,19-15-. The third-order valence-electron chi connectivity index (χ3n) is 3.81. The van der Waals surface area contributed by atoms with Crippen LogP contribution in [0.1, 0.15) is 11.1 Å². The van der Waals surface area contributed by atoms with Crippen molar-refractivity contribution in [2.75, 3.05) is 12.4 Å². The highest BCUT2D eigenvalue weighted by Crippen LogP contribution is 2.14. The molecule has 3 aromatic rings. The SMILES string of the molecule is COc1ccc(/C=C/C(=O)N/C(=C\c2ccccc2)C(=O)Nc2nccs2)cc1. The van der Waals surface area contributed by atoms with Crippen LogP contribution in [-0.2, 0) is 9.59 Å². The third kappa shape index (κ3) is 6.15.